The zero-order valence-electron chi connectivity index (χ0n) is 21.8. The number of sulfonamides is 1. The lowest BCUT2D eigenvalue weighted by Gasteiger charge is -2.31. The van der Waals surface area contributed by atoms with E-state index < -0.39 is 21.3 Å². The molecule has 1 aliphatic heterocycles. The SMILES string of the molecule is CCCOc1ccc(S(=O)(=O)N2CCN(C)CC2)cc1CNCCn1cnc2c1c(=O)n(C)c(=O)n2C. The Morgan fingerprint density at radius 1 is 1.05 bits per heavy atom. The third kappa shape index (κ3) is 5.49. The van der Waals surface area contributed by atoms with Gasteiger partial charge in [-0.15, -0.1) is 0 Å². The normalized spacial score (nSPS) is 15.5. The largest absolute Gasteiger partial charge is 0.493 e. The highest BCUT2D eigenvalue weighted by Crippen LogP contribution is 2.25. The topological polar surface area (TPSA) is 124 Å². The molecule has 3 heterocycles. The number of hydrogen-bond acceptors (Lipinski definition) is 8. The van der Waals surface area contributed by atoms with Crippen molar-refractivity contribution in [1.29, 1.82) is 0 Å². The third-order valence-corrected chi connectivity index (χ3v) is 8.55. The van der Waals surface area contributed by atoms with Crippen molar-refractivity contribution in [2.24, 2.45) is 14.1 Å². The van der Waals surface area contributed by atoms with E-state index in [1.54, 1.807) is 36.1 Å². The highest BCUT2D eigenvalue weighted by atomic mass is 32.2. The fourth-order valence-electron chi connectivity index (χ4n) is 4.37. The highest BCUT2D eigenvalue weighted by molar-refractivity contribution is 7.89. The number of nitrogens with one attached hydrogen (secondary N) is 1. The molecule has 1 aromatic carbocycles. The van der Waals surface area contributed by atoms with E-state index in [4.69, 9.17) is 4.74 Å². The van der Waals surface area contributed by atoms with E-state index in [0.717, 1.165) is 16.6 Å². The summed E-state index contributed by atoms with van der Waals surface area (Å²) in [6.45, 7) is 6.18. The number of aromatic nitrogens is 4. The second-order valence-electron chi connectivity index (χ2n) is 9.32. The van der Waals surface area contributed by atoms with E-state index in [-0.39, 0.29) is 4.90 Å². The van der Waals surface area contributed by atoms with Crippen molar-refractivity contribution in [1.82, 2.24) is 33.2 Å². The van der Waals surface area contributed by atoms with Crippen LogP contribution >= 0.6 is 0 Å². The molecule has 0 radical (unpaired) electrons. The molecule has 1 fully saturated rings. The molecular formula is C24H35N7O5S. The van der Waals surface area contributed by atoms with Crippen LogP contribution in [0, 0.1) is 0 Å². The average Bonchev–Trinajstić information content (AvgIpc) is 3.32. The molecule has 12 nitrogen and oxygen atoms in total. The Morgan fingerprint density at radius 2 is 1.78 bits per heavy atom. The number of likely N-dealkylation sites (N-methyl/N-ethyl adjacent to an activating group) is 1. The predicted octanol–water partition coefficient (Wildman–Crippen LogP) is -0.0516. The summed E-state index contributed by atoms with van der Waals surface area (Å²) in [5, 5.41) is 3.32. The maximum absolute atomic E-state index is 13.3. The summed E-state index contributed by atoms with van der Waals surface area (Å²) in [5.74, 6) is 0.642. The van der Waals surface area contributed by atoms with Gasteiger partial charge in [-0.3, -0.25) is 13.9 Å². The van der Waals surface area contributed by atoms with Gasteiger partial charge >= 0.3 is 5.69 Å². The molecular weight excluding hydrogens is 498 g/mol. The van der Waals surface area contributed by atoms with Gasteiger partial charge in [0, 0.05) is 65.5 Å². The van der Waals surface area contributed by atoms with E-state index in [1.165, 1.54) is 15.9 Å². The van der Waals surface area contributed by atoms with Gasteiger partial charge in [0.15, 0.2) is 11.2 Å². The molecule has 4 rings (SSSR count). The van der Waals surface area contributed by atoms with Crippen molar-refractivity contribution in [2.45, 2.75) is 31.3 Å². The summed E-state index contributed by atoms with van der Waals surface area (Å²) < 4.78 is 38.1. The third-order valence-electron chi connectivity index (χ3n) is 6.66. The second kappa shape index (κ2) is 11.2. The molecule has 0 aliphatic carbocycles. The molecule has 202 valence electrons. The molecule has 1 saturated heterocycles. The Morgan fingerprint density at radius 3 is 2.49 bits per heavy atom. The van der Waals surface area contributed by atoms with Crippen molar-refractivity contribution in [3.63, 3.8) is 0 Å². The molecule has 1 N–H and O–H groups in total. The van der Waals surface area contributed by atoms with Crippen molar-refractivity contribution >= 4 is 21.2 Å². The van der Waals surface area contributed by atoms with Crippen LogP contribution in [0.5, 0.6) is 5.75 Å². The maximum atomic E-state index is 13.3. The van der Waals surface area contributed by atoms with Gasteiger partial charge in [-0.2, -0.15) is 4.31 Å². The summed E-state index contributed by atoms with van der Waals surface area (Å²) in [4.78, 5) is 31.4. The van der Waals surface area contributed by atoms with Crippen molar-refractivity contribution in [2.75, 3.05) is 46.4 Å². The van der Waals surface area contributed by atoms with E-state index in [9.17, 15) is 18.0 Å². The monoisotopic (exact) mass is 533 g/mol. The van der Waals surface area contributed by atoms with Crippen LogP contribution in [0.3, 0.4) is 0 Å². The van der Waals surface area contributed by atoms with Crippen LogP contribution in [0.25, 0.3) is 11.2 Å². The first-order valence-corrected chi connectivity index (χ1v) is 13.8. The molecule has 2 aromatic heterocycles. The van der Waals surface area contributed by atoms with Crippen LogP contribution in [0.1, 0.15) is 18.9 Å². The standard InChI is InChI=1S/C24H35N7O5S/c1-5-14-36-20-7-6-19(37(34,35)31-12-10-27(2)11-13-31)15-18(20)16-25-8-9-30-17-26-22-21(30)23(32)29(4)24(33)28(22)3/h6-7,15,17,25H,5,8-14,16H2,1-4H3. The number of rotatable bonds is 10. The van der Waals surface area contributed by atoms with E-state index >= 15 is 0 Å². The minimum Gasteiger partial charge on any atom is -0.493 e. The van der Waals surface area contributed by atoms with Crippen LogP contribution in [0.15, 0.2) is 39.0 Å². The molecule has 0 bridgehead atoms. The minimum absolute atomic E-state index is 0.253. The Bertz CT molecular complexity index is 1480. The molecule has 3 aromatic rings. The highest BCUT2D eigenvalue weighted by Gasteiger charge is 2.28. The number of aryl methyl sites for hydroxylation is 1. The smallest absolute Gasteiger partial charge is 0.332 e. The quantitative estimate of drug-likeness (QED) is 0.360. The summed E-state index contributed by atoms with van der Waals surface area (Å²) in [6, 6.07) is 5.02. The Labute approximate surface area is 216 Å². The van der Waals surface area contributed by atoms with Crippen LogP contribution in [0.4, 0.5) is 0 Å². The zero-order valence-corrected chi connectivity index (χ0v) is 22.6. The van der Waals surface area contributed by atoms with Crippen LogP contribution in [-0.4, -0.2) is 82.7 Å². The van der Waals surface area contributed by atoms with Crippen LogP contribution in [-0.2, 0) is 37.2 Å². The lowest BCUT2D eigenvalue weighted by molar-refractivity contribution is 0.222. The second-order valence-corrected chi connectivity index (χ2v) is 11.3. The number of piperazine rings is 1. The average molecular weight is 534 g/mol. The molecule has 0 unspecified atom stereocenters. The molecule has 0 amide bonds. The predicted molar refractivity (Wildman–Crippen MR) is 140 cm³/mol. The molecule has 0 saturated carbocycles. The van der Waals surface area contributed by atoms with Gasteiger partial charge in [0.25, 0.3) is 5.56 Å². The Kier molecular flexibility index (Phi) is 8.17. The van der Waals surface area contributed by atoms with Crippen LogP contribution < -0.4 is 21.3 Å². The first-order chi connectivity index (χ1) is 17.6. The molecule has 13 heteroatoms. The lowest BCUT2D eigenvalue weighted by Crippen LogP contribution is -2.47. The number of imidazole rings is 1. The van der Waals surface area contributed by atoms with E-state index in [1.807, 2.05) is 14.0 Å². The molecule has 0 atom stereocenters. The number of benzene rings is 1. The van der Waals surface area contributed by atoms with Crippen LogP contribution in [0.2, 0.25) is 0 Å². The van der Waals surface area contributed by atoms with Crippen molar-refractivity contribution < 1.29 is 13.2 Å². The number of nitrogens with zero attached hydrogens (tertiary/aromatic N) is 6. The summed E-state index contributed by atoms with van der Waals surface area (Å²) in [7, 11) is 1.41. The van der Waals surface area contributed by atoms with Crippen molar-refractivity contribution in [3.05, 3.63) is 50.9 Å². The van der Waals surface area contributed by atoms with E-state index in [0.29, 0.717) is 69.3 Å². The first-order valence-electron chi connectivity index (χ1n) is 12.4. The van der Waals surface area contributed by atoms with Gasteiger partial charge in [0.1, 0.15) is 5.75 Å². The van der Waals surface area contributed by atoms with Gasteiger partial charge in [-0.1, -0.05) is 6.92 Å². The van der Waals surface area contributed by atoms with Gasteiger partial charge in [0.05, 0.1) is 17.8 Å². The van der Waals surface area contributed by atoms with Gasteiger partial charge in [0.2, 0.25) is 10.0 Å². The maximum Gasteiger partial charge on any atom is 0.332 e. The number of hydrogen-bond donors (Lipinski definition) is 1. The summed E-state index contributed by atoms with van der Waals surface area (Å²) >= 11 is 0. The van der Waals surface area contributed by atoms with Gasteiger partial charge in [-0.05, 0) is 31.7 Å². The molecule has 1 aliphatic rings. The fourth-order valence-corrected chi connectivity index (χ4v) is 5.85. The zero-order chi connectivity index (χ0) is 26.7. The fraction of sp³-hybridized carbons (Fsp3) is 0.542. The number of fused-ring (bicyclic) bond motifs is 1. The Hall–Kier alpha value is -3.00. The minimum atomic E-state index is -3.61. The molecule has 37 heavy (non-hydrogen) atoms. The first kappa shape index (κ1) is 27.0. The van der Waals surface area contributed by atoms with E-state index in [2.05, 4.69) is 15.2 Å². The van der Waals surface area contributed by atoms with Gasteiger partial charge in [-0.25, -0.2) is 18.2 Å². The Balaban J connectivity index is 1.50. The van der Waals surface area contributed by atoms with Gasteiger partial charge < -0.3 is 19.5 Å². The van der Waals surface area contributed by atoms with Crippen molar-refractivity contribution in [3.8, 4) is 5.75 Å². The summed E-state index contributed by atoms with van der Waals surface area (Å²) in [5.41, 5.74) is 0.626. The summed E-state index contributed by atoms with van der Waals surface area (Å²) in [6.07, 6.45) is 2.38. The lowest BCUT2D eigenvalue weighted by atomic mass is 10.2. The number of ether oxygens (including phenoxy) is 1. The molecule has 0 spiro atoms.